The van der Waals surface area contributed by atoms with Gasteiger partial charge in [-0.3, -0.25) is 4.79 Å². The number of carbonyl (C=O) groups is 1. The van der Waals surface area contributed by atoms with Gasteiger partial charge in [0, 0.05) is 37.8 Å². The highest BCUT2D eigenvalue weighted by Gasteiger charge is 2.36. The minimum atomic E-state index is 0.279. The van der Waals surface area contributed by atoms with Crippen molar-refractivity contribution in [3.8, 4) is 5.75 Å². The summed E-state index contributed by atoms with van der Waals surface area (Å²) in [5, 5.41) is 0. The number of piperidine rings is 1. The zero-order valence-corrected chi connectivity index (χ0v) is 20.6. The number of anilines is 1. The minimum Gasteiger partial charge on any atom is -0.494 e. The first kappa shape index (κ1) is 23.2. The molecule has 1 amide bonds. The Kier molecular flexibility index (Phi) is 7.56. The molecule has 0 aromatic heterocycles. The molecule has 3 saturated heterocycles. The maximum Gasteiger partial charge on any atom is 0.227 e. The van der Waals surface area contributed by atoms with Gasteiger partial charge in [0.2, 0.25) is 5.91 Å². The molecule has 4 atom stereocenters. The fourth-order valence-electron chi connectivity index (χ4n) is 6.90. The predicted octanol–water partition coefficient (Wildman–Crippen LogP) is 4.95. The highest BCUT2D eigenvalue weighted by Crippen LogP contribution is 2.37. The molecule has 0 spiro atoms. The SMILES string of the molecule is CC1CCCN1CCCOc1ccc(N2C(=O)CC[C@H]2CN2CC[C@H]3CCCC[C@@H]3C2)cc1. The normalized spacial score (nSPS) is 31.2. The number of benzene rings is 1. The Hall–Kier alpha value is -1.59. The average molecular weight is 454 g/mol. The van der Waals surface area contributed by atoms with E-state index in [0.29, 0.717) is 12.5 Å². The van der Waals surface area contributed by atoms with Gasteiger partial charge in [-0.05, 0) is 94.6 Å². The van der Waals surface area contributed by atoms with Crippen LogP contribution in [0.4, 0.5) is 5.69 Å². The van der Waals surface area contributed by atoms with E-state index < -0.39 is 0 Å². The standard InChI is InChI=1S/C28H43N3O2/c1-22-6-4-16-30(22)17-5-19-33-27-12-9-25(10-13-27)31-26(11-14-28(31)32)21-29-18-15-23-7-2-3-8-24(23)20-29/h9-10,12-13,22-24,26H,2-8,11,14-21H2,1H3/t22?,23-,24-,26+/m1/s1. The number of nitrogens with zero attached hydrogens (tertiary/aromatic N) is 3. The van der Waals surface area contributed by atoms with E-state index >= 15 is 0 Å². The van der Waals surface area contributed by atoms with Crippen LogP contribution in [0.5, 0.6) is 5.75 Å². The Morgan fingerprint density at radius 1 is 0.939 bits per heavy atom. The van der Waals surface area contributed by atoms with Crippen LogP contribution >= 0.6 is 0 Å². The first-order valence-corrected chi connectivity index (χ1v) is 13.7. The van der Waals surface area contributed by atoms with E-state index in [1.165, 1.54) is 64.6 Å². The van der Waals surface area contributed by atoms with Crippen molar-refractivity contribution >= 4 is 11.6 Å². The molecule has 0 radical (unpaired) electrons. The van der Waals surface area contributed by atoms with Crippen molar-refractivity contribution in [1.82, 2.24) is 9.80 Å². The van der Waals surface area contributed by atoms with Gasteiger partial charge in [0.05, 0.1) is 12.6 Å². The maximum atomic E-state index is 12.8. The lowest BCUT2D eigenvalue weighted by Gasteiger charge is -2.42. The molecule has 4 aliphatic rings. The van der Waals surface area contributed by atoms with Crippen molar-refractivity contribution in [2.45, 2.75) is 83.2 Å². The largest absolute Gasteiger partial charge is 0.494 e. The Labute approximate surface area is 200 Å². The van der Waals surface area contributed by atoms with E-state index in [2.05, 4.69) is 33.8 Å². The summed E-state index contributed by atoms with van der Waals surface area (Å²) in [6, 6.07) is 9.30. The van der Waals surface area contributed by atoms with Gasteiger partial charge in [-0.15, -0.1) is 0 Å². The number of carbonyl (C=O) groups excluding carboxylic acids is 1. The van der Waals surface area contributed by atoms with E-state index in [4.69, 9.17) is 4.74 Å². The predicted molar refractivity (Wildman–Crippen MR) is 134 cm³/mol. The molecule has 5 rings (SSSR count). The molecular formula is C28H43N3O2. The molecule has 3 aliphatic heterocycles. The lowest BCUT2D eigenvalue weighted by atomic mass is 9.75. The summed E-state index contributed by atoms with van der Waals surface area (Å²) < 4.78 is 6.01. The number of hydrogen-bond acceptors (Lipinski definition) is 4. The van der Waals surface area contributed by atoms with Gasteiger partial charge in [-0.25, -0.2) is 0 Å². The van der Waals surface area contributed by atoms with E-state index in [0.717, 1.165) is 61.9 Å². The van der Waals surface area contributed by atoms with Crippen molar-refractivity contribution in [1.29, 1.82) is 0 Å². The molecule has 0 bridgehead atoms. The highest BCUT2D eigenvalue weighted by molar-refractivity contribution is 5.96. The molecule has 1 aromatic rings. The van der Waals surface area contributed by atoms with E-state index in [1.807, 2.05) is 12.1 Å². The molecule has 1 saturated carbocycles. The fourth-order valence-corrected chi connectivity index (χ4v) is 6.90. The van der Waals surface area contributed by atoms with Crippen LogP contribution < -0.4 is 9.64 Å². The van der Waals surface area contributed by atoms with Crippen LogP contribution in [-0.2, 0) is 4.79 Å². The van der Waals surface area contributed by atoms with Crippen molar-refractivity contribution in [2.24, 2.45) is 11.8 Å². The van der Waals surface area contributed by atoms with Gasteiger partial charge >= 0.3 is 0 Å². The fraction of sp³-hybridized carbons (Fsp3) is 0.750. The summed E-state index contributed by atoms with van der Waals surface area (Å²) in [5.41, 5.74) is 1.04. The van der Waals surface area contributed by atoms with Gasteiger partial charge in [0.1, 0.15) is 5.75 Å². The third kappa shape index (κ3) is 5.57. The third-order valence-corrected chi connectivity index (χ3v) is 8.83. The monoisotopic (exact) mass is 453 g/mol. The lowest BCUT2D eigenvalue weighted by Crippen LogP contribution is -2.48. The molecule has 33 heavy (non-hydrogen) atoms. The Balaban J connectivity index is 1.12. The van der Waals surface area contributed by atoms with Crippen LogP contribution in [0.1, 0.15) is 71.1 Å². The van der Waals surface area contributed by atoms with Gasteiger partial charge in [-0.1, -0.05) is 19.3 Å². The molecule has 1 aliphatic carbocycles. The number of ether oxygens (including phenoxy) is 1. The van der Waals surface area contributed by atoms with Gasteiger partial charge in [-0.2, -0.15) is 0 Å². The van der Waals surface area contributed by atoms with Crippen molar-refractivity contribution < 1.29 is 9.53 Å². The minimum absolute atomic E-state index is 0.279. The average Bonchev–Trinajstić information content (AvgIpc) is 3.42. The summed E-state index contributed by atoms with van der Waals surface area (Å²) in [4.78, 5) is 20.1. The summed E-state index contributed by atoms with van der Waals surface area (Å²) in [7, 11) is 0. The Morgan fingerprint density at radius 3 is 2.55 bits per heavy atom. The summed E-state index contributed by atoms with van der Waals surface area (Å²) in [5.74, 6) is 3.04. The zero-order valence-electron chi connectivity index (χ0n) is 20.6. The second-order valence-electron chi connectivity index (χ2n) is 11.0. The number of amides is 1. The van der Waals surface area contributed by atoms with Crippen molar-refractivity contribution in [2.75, 3.05) is 44.2 Å². The lowest BCUT2D eigenvalue weighted by molar-refractivity contribution is -0.117. The molecule has 0 N–H and O–H groups in total. The first-order valence-electron chi connectivity index (χ1n) is 13.7. The van der Waals surface area contributed by atoms with Crippen LogP contribution in [0.15, 0.2) is 24.3 Å². The van der Waals surface area contributed by atoms with E-state index in [9.17, 15) is 4.79 Å². The molecular weight excluding hydrogens is 410 g/mol. The number of likely N-dealkylation sites (tertiary alicyclic amines) is 2. The molecule has 182 valence electrons. The second kappa shape index (κ2) is 10.8. The van der Waals surface area contributed by atoms with Gasteiger partial charge < -0.3 is 19.4 Å². The summed E-state index contributed by atoms with van der Waals surface area (Å²) >= 11 is 0. The summed E-state index contributed by atoms with van der Waals surface area (Å²) in [6.07, 6.45) is 12.4. The smallest absolute Gasteiger partial charge is 0.227 e. The van der Waals surface area contributed by atoms with Crippen LogP contribution in [0.3, 0.4) is 0 Å². The molecule has 3 heterocycles. The van der Waals surface area contributed by atoms with Gasteiger partial charge in [0.15, 0.2) is 0 Å². The molecule has 4 fully saturated rings. The summed E-state index contributed by atoms with van der Waals surface area (Å²) in [6.45, 7) is 8.93. The van der Waals surface area contributed by atoms with Crippen molar-refractivity contribution in [3.05, 3.63) is 24.3 Å². The topological polar surface area (TPSA) is 36.0 Å². The third-order valence-electron chi connectivity index (χ3n) is 8.83. The van der Waals surface area contributed by atoms with E-state index in [1.54, 1.807) is 0 Å². The maximum absolute atomic E-state index is 12.8. The number of hydrogen-bond donors (Lipinski definition) is 0. The first-order chi connectivity index (χ1) is 16.2. The van der Waals surface area contributed by atoms with Crippen LogP contribution in [0.2, 0.25) is 0 Å². The second-order valence-corrected chi connectivity index (χ2v) is 11.0. The molecule has 5 nitrogen and oxygen atoms in total. The van der Waals surface area contributed by atoms with Crippen LogP contribution in [0.25, 0.3) is 0 Å². The molecule has 1 unspecified atom stereocenters. The van der Waals surface area contributed by atoms with Crippen molar-refractivity contribution in [3.63, 3.8) is 0 Å². The molecule has 1 aromatic carbocycles. The highest BCUT2D eigenvalue weighted by atomic mass is 16.5. The van der Waals surface area contributed by atoms with Crippen LogP contribution in [-0.4, -0.2) is 67.1 Å². The zero-order chi connectivity index (χ0) is 22.6. The van der Waals surface area contributed by atoms with Crippen LogP contribution in [0, 0.1) is 11.8 Å². The quantitative estimate of drug-likeness (QED) is 0.522. The Bertz CT molecular complexity index is 782. The number of fused-ring (bicyclic) bond motifs is 1. The Morgan fingerprint density at radius 2 is 1.76 bits per heavy atom. The number of rotatable bonds is 8. The molecule has 5 heteroatoms. The van der Waals surface area contributed by atoms with Gasteiger partial charge in [0.25, 0.3) is 0 Å². The van der Waals surface area contributed by atoms with E-state index in [-0.39, 0.29) is 5.91 Å².